The number of ether oxygens (including phenoxy) is 1. The summed E-state index contributed by atoms with van der Waals surface area (Å²) in [5.74, 6) is -0.0360. The summed E-state index contributed by atoms with van der Waals surface area (Å²) < 4.78 is 40.8. The molecule has 0 spiro atoms. The van der Waals surface area contributed by atoms with Gasteiger partial charge in [0.2, 0.25) is 5.88 Å². The zero-order valence-electron chi connectivity index (χ0n) is 11.8. The molecule has 0 unspecified atom stereocenters. The van der Waals surface area contributed by atoms with E-state index in [4.69, 9.17) is 0 Å². The van der Waals surface area contributed by atoms with Crippen molar-refractivity contribution < 1.29 is 17.9 Å². The lowest BCUT2D eigenvalue weighted by Gasteiger charge is -2.09. The molecular weight excluding hydrogens is 321 g/mol. The van der Waals surface area contributed by atoms with Crippen LogP contribution in [0.25, 0.3) is 0 Å². The van der Waals surface area contributed by atoms with Crippen LogP contribution in [0.1, 0.15) is 16.8 Å². The first kappa shape index (κ1) is 18.2. The van der Waals surface area contributed by atoms with Crippen molar-refractivity contribution in [2.45, 2.75) is 26.2 Å². The van der Waals surface area contributed by atoms with Crippen LogP contribution in [0.15, 0.2) is 24.5 Å². The van der Waals surface area contributed by atoms with Gasteiger partial charge in [-0.1, -0.05) is 0 Å². The first-order valence-corrected chi connectivity index (χ1v) is 6.28. The molecule has 0 aliphatic rings. The van der Waals surface area contributed by atoms with Crippen LogP contribution in [0, 0.1) is 6.92 Å². The van der Waals surface area contributed by atoms with E-state index in [9.17, 15) is 13.2 Å². The maximum Gasteiger partial charge on any atom is 0.422 e. The normalized spacial score (nSPS) is 11.1. The van der Waals surface area contributed by atoms with Crippen LogP contribution in [-0.4, -0.2) is 28.0 Å². The fourth-order valence-corrected chi connectivity index (χ4v) is 1.69. The molecule has 0 atom stereocenters. The van der Waals surface area contributed by atoms with Crippen LogP contribution in [0.3, 0.4) is 0 Å². The largest absolute Gasteiger partial charge is 0.468 e. The molecule has 0 saturated heterocycles. The van der Waals surface area contributed by atoms with Gasteiger partial charge in [-0.2, -0.15) is 18.3 Å². The number of aromatic nitrogens is 3. The van der Waals surface area contributed by atoms with Crippen LogP contribution < -0.4 is 10.1 Å². The second-order valence-corrected chi connectivity index (χ2v) is 4.53. The third-order valence-corrected chi connectivity index (χ3v) is 2.76. The van der Waals surface area contributed by atoms with E-state index in [1.807, 2.05) is 6.92 Å². The molecule has 0 saturated carbocycles. The van der Waals surface area contributed by atoms with Crippen molar-refractivity contribution in [1.82, 2.24) is 20.5 Å². The minimum absolute atomic E-state index is 0. The summed E-state index contributed by atoms with van der Waals surface area (Å²) in [6, 6.07) is 3.20. The van der Waals surface area contributed by atoms with Gasteiger partial charge in [0.15, 0.2) is 6.61 Å². The monoisotopic (exact) mass is 336 g/mol. The fraction of sp³-hybridized carbons (Fsp3) is 0.385. The van der Waals surface area contributed by atoms with Gasteiger partial charge in [-0.3, -0.25) is 5.10 Å². The number of alkyl halides is 3. The summed E-state index contributed by atoms with van der Waals surface area (Å²) in [6.07, 6.45) is -1.21. The second-order valence-electron chi connectivity index (χ2n) is 4.53. The van der Waals surface area contributed by atoms with Gasteiger partial charge < -0.3 is 10.1 Å². The maximum absolute atomic E-state index is 12.1. The number of nitrogens with one attached hydrogen (secondary N) is 2. The van der Waals surface area contributed by atoms with Crippen LogP contribution in [0.2, 0.25) is 0 Å². The van der Waals surface area contributed by atoms with Crippen LogP contribution >= 0.6 is 12.4 Å². The van der Waals surface area contributed by atoms with Crippen LogP contribution in [0.4, 0.5) is 13.2 Å². The molecule has 2 aromatic rings. The molecule has 2 rings (SSSR count). The number of halogens is 4. The van der Waals surface area contributed by atoms with Crippen molar-refractivity contribution in [1.29, 1.82) is 0 Å². The average Bonchev–Trinajstić information content (AvgIpc) is 2.82. The van der Waals surface area contributed by atoms with Crippen molar-refractivity contribution in [3.8, 4) is 5.88 Å². The Morgan fingerprint density at radius 3 is 2.73 bits per heavy atom. The van der Waals surface area contributed by atoms with E-state index < -0.39 is 12.8 Å². The van der Waals surface area contributed by atoms with E-state index in [1.54, 1.807) is 12.3 Å². The average molecular weight is 337 g/mol. The van der Waals surface area contributed by atoms with Gasteiger partial charge in [0.25, 0.3) is 0 Å². The Hall–Kier alpha value is -1.80. The highest BCUT2D eigenvalue weighted by molar-refractivity contribution is 5.85. The van der Waals surface area contributed by atoms with Crippen molar-refractivity contribution in [2.24, 2.45) is 0 Å². The molecule has 0 bridgehead atoms. The summed E-state index contributed by atoms with van der Waals surface area (Å²) in [6.45, 7) is 1.68. The minimum atomic E-state index is -4.37. The number of aryl methyl sites for hydroxylation is 1. The van der Waals surface area contributed by atoms with Crippen molar-refractivity contribution >= 4 is 12.4 Å². The smallest absolute Gasteiger partial charge is 0.422 e. The van der Waals surface area contributed by atoms with Gasteiger partial charge in [0.05, 0.1) is 6.20 Å². The Balaban J connectivity index is 0.00000242. The van der Waals surface area contributed by atoms with E-state index in [2.05, 4.69) is 25.2 Å². The lowest BCUT2D eigenvalue weighted by Crippen LogP contribution is -2.20. The Morgan fingerprint density at radius 1 is 1.32 bits per heavy atom. The predicted octanol–water partition coefficient (Wildman–Crippen LogP) is 2.77. The minimum Gasteiger partial charge on any atom is -0.468 e. The van der Waals surface area contributed by atoms with Gasteiger partial charge in [-0.15, -0.1) is 12.4 Å². The zero-order chi connectivity index (χ0) is 15.3. The molecule has 0 fully saturated rings. The third-order valence-electron chi connectivity index (χ3n) is 2.76. The number of aromatic amines is 1. The van der Waals surface area contributed by atoms with E-state index in [1.165, 1.54) is 12.3 Å². The molecule has 2 aromatic heterocycles. The number of H-pyrrole nitrogens is 1. The topological polar surface area (TPSA) is 62.8 Å². The van der Waals surface area contributed by atoms with E-state index in [0.29, 0.717) is 13.1 Å². The van der Waals surface area contributed by atoms with Gasteiger partial charge in [-0.05, 0) is 18.6 Å². The number of hydrogen-bond donors (Lipinski definition) is 2. The lowest BCUT2D eigenvalue weighted by atomic mass is 10.2. The van der Waals surface area contributed by atoms with Crippen LogP contribution in [0.5, 0.6) is 5.88 Å². The molecule has 2 heterocycles. The number of pyridine rings is 1. The first-order valence-electron chi connectivity index (χ1n) is 6.28. The highest BCUT2D eigenvalue weighted by Gasteiger charge is 2.28. The zero-order valence-corrected chi connectivity index (χ0v) is 12.6. The Bertz CT molecular complexity index is 589. The Morgan fingerprint density at radius 2 is 2.09 bits per heavy atom. The fourth-order valence-electron chi connectivity index (χ4n) is 1.69. The number of rotatable bonds is 6. The van der Waals surface area contributed by atoms with Crippen molar-refractivity contribution in [3.05, 3.63) is 41.3 Å². The number of hydrogen-bond acceptors (Lipinski definition) is 4. The molecular formula is C13H16ClF3N4O. The quantitative estimate of drug-likeness (QED) is 0.851. The second kappa shape index (κ2) is 8.00. The summed E-state index contributed by atoms with van der Waals surface area (Å²) in [7, 11) is 0. The summed E-state index contributed by atoms with van der Waals surface area (Å²) in [5.41, 5.74) is 2.81. The highest BCUT2D eigenvalue weighted by Crippen LogP contribution is 2.17. The van der Waals surface area contributed by atoms with Crippen LogP contribution in [-0.2, 0) is 13.1 Å². The molecule has 5 nitrogen and oxygen atoms in total. The lowest BCUT2D eigenvalue weighted by molar-refractivity contribution is -0.154. The van der Waals surface area contributed by atoms with Gasteiger partial charge in [0.1, 0.15) is 0 Å². The molecule has 0 radical (unpaired) electrons. The molecule has 2 N–H and O–H groups in total. The van der Waals surface area contributed by atoms with E-state index in [0.717, 1.165) is 16.8 Å². The third kappa shape index (κ3) is 5.90. The highest BCUT2D eigenvalue weighted by atomic mass is 35.5. The standard InChI is InChI=1S/C13H15F3N4O.ClH/c1-9-11(7-19-20-9)6-17-5-10-2-3-18-12(4-10)21-8-13(14,15)16;/h2-4,7,17H,5-6,8H2,1H3,(H,19,20);1H. The summed E-state index contributed by atoms with van der Waals surface area (Å²) >= 11 is 0. The van der Waals surface area contributed by atoms with E-state index in [-0.39, 0.29) is 18.3 Å². The first-order chi connectivity index (χ1) is 9.94. The SMILES string of the molecule is Cc1[nH]ncc1CNCc1ccnc(OCC(F)(F)F)c1.Cl. The molecule has 0 aromatic carbocycles. The molecule has 0 aliphatic heterocycles. The Labute approximate surface area is 131 Å². The van der Waals surface area contributed by atoms with Gasteiger partial charge >= 0.3 is 6.18 Å². The molecule has 122 valence electrons. The molecule has 22 heavy (non-hydrogen) atoms. The Kier molecular flexibility index (Phi) is 6.63. The van der Waals surface area contributed by atoms with Gasteiger partial charge in [0, 0.05) is 36.6 Å². The van der Waals surface area contributed by atoms with E-state index >= 15 is 0 Å². The summed E-state index contributed by atoms with van der Waals surface area (Å²) in [5, 5.41) is 9.92. The maximum atomic E-state index is 12.1. The summed E-state index contributed by atoms with van der Waals surface area (Å²) in [4.78, 5) is 3.75. The van der Waals surface area contributed by atoms with Crippen molar-refractivity contribution in [3.63, 3.8) is 0 Å². The van der Waals surface area contributed by atoms with Crippen molar-refractivity contribution in [2.75, 3.05) is 6.61 Å². The van der Waals surface area contributed by atoms with Gasteiger partial charge in [-0.25, -0.2) is 4.98 Å². The predicted molar refractivity (Wildman–Crippen MR) is 76.9 cm³/mol. The molecule has 0 amide bonds. The molecule has 9 heteroatoms. The number of nitrogens with zero attached hydrogens (tertiary/aromatic N) is 2. The molecule has 0 aliphatic carbocycles.